The van der Waals surface area contributed by atoms with Gasteiger partial charge in [-0.3, -0.25) is 0 Å². The summed E-state index contributed by atoms with van der Waals surface area (Å²) in [7, 11) is 0. The van der Waals surface area contributed by atoms with Crippen LogP contribution < -0.4 is 5.32 Å². The first-order valence-corrected chi connectivity index (χ1v) is 7.93. The number of rotatable bonds is 7. The van der Waals surface area contributed by atoms with Crippen LogP contribution in [-0.2, 0) is 12.0 Å². The van der Waals surface area contributed by atoms with Gasteiger partial charge in [-0.2, -0.15) is 0 Å². The van der Waals surface area contributed by atoms with Crippen molar-refractivity contribution < 1.29 is 0 Å². The van der Waals surface area contributed by atoms with E-state index in [2.05, 4.69) is 61.3 Å². The van der Waals surface area contributed by atoms with E-state index in [0.717, 1.165) is 31.9 Å². The molecule has 0 aliphatic rings. The molecule has 1 aromatic rings. The summed E-state index contributed by atoms with van der Waals surface area (Å²) in [4.78, 5) is 3.70. The molecule has 4 nitrogen and oxygen atoms in total. The Kier molecular flexibility index (Phi) is 6.36. The molecule has 0 saturated carbocycles. The number of hydrogen-bond acceptors (Lipinski definition) is 5. The summed E-state index contributed by atoms with van der Waals surface area (Å²) in [6.45, 7) is 17.4. The highest BCUT2D eigenvalue weighted by Crippen LogP contribution is 2.25. The first-order chi connectivity index (χ1) is 8.88. The van der Waals surface area contributed by atoms with Gasteiger partial charge in [0.05, 0.1) is 10.6 Å². The topological polar surface area (TPSA) is 41.0 Å². The Morgan fingerprint density at radius 2 is 1.89 bits per heavy atom. The monoisotopic (exact) mass is 284 g/mol. The van der Waals surface area contributed by atoms with E-state index in [9.17, 15) is 0 Å². The average molecular weight is 284 g/mol. The van der Waals surface area contributed by atoms with Gasteiger partial charge >= 0.3 is 0 Å². The van der Waals surface area contributed by atoms with Crippen LogP contribution in [0, 0.1) is 0 Å². The zero-order chi connectivity index (χ0) is 14.5. The minimum atomic E-state index is 0.0755. The zero-order valence-corrected chi connectivity index (χ0v) is 14.0. The van der Waals surface area contributed by atoms with Crippen molar-refractivity contribution in [1.29, 1.82) is 0 Å². The SMILES string of the molecule is CCN(CC)CC(C)NCc1snnc1C(C)(C)C. The molecule has 110 valence electrons. The van der Waals surface area contributed by atoms with Gasteiger partial charge in [-0.25, -0.2) is 0 Å². The van der Waals surface area contributed by atoms with Gasteiger partial charge < -0.3 is 10.2 Å². The lowest BCUT2D eigenvalue weighted by Crippen LogP contribution is -2.38. The van der Waals surface area contributed by atoms with E-state index in [-0.39, 0.29) is 5.41 Å². The molecule has 0 saturated heterocycles. The molecule has 0 amide bonds. The summed E-state index contributed by atoms with van der Waals surface area (Å²) < 4.78 is 4.10. The molecule has 0 fully saturated rings. The first kappa shape index (κ1) is 16.5. The lowest BCUT2D eigenvalue weighted by atomic mass is 9.91. The van der Waals surface area contributed by atoms with Gasteiger partial charge in [-0.15, -0.1) is 5.10 Å². The highest BCUT2D eigenvalue weighted by atomic mass is 32.1. The molecule has 0 aromatic carbocycles. The maximum absolute atomic E-state index is 4.28. The molecule has 0 bridgehead atoms. The molecule has 0 aliphatic heterocycles. The van der Waals surface area contributed by atoms with Crippen molar-refractivity contribution in [2.75, 3.05) is 19.6 Å². The molecule has 1 heterocycles. The van der Waals surface area contributed by atoms with Crippen LogP contribution in [0.1, 0.15) is 52.1 Å². The van der Waals surface area contributed by atoms with Gasteiger partial charge in [0.2, 0.25) is 0 Å². The van der Waals surface area contributed by atoms with Crippen molar-refractivity contribution in [1.82, 2.24) is 19.8 Å². The molecular weight excluding hydrogens is 256 g/mol. The lowest BCUT2D eigenvalue weighted by Gasteiger charge is -2.24. The Hall–Kier alpha value is -0.520. The molecule has 1 unspecified atom stereocenters. The standard InChI is InChI=1S/C14H28N4S/c1-7-18(8-2)10-11(3)15-9-12-13(14(4,5)6)16-17-19-12/h11,15H,7-10H2,1-6H3. The Bertz CT molecular complexity index is 366. The van der Waals surface area contributed by atoms with Gasteiger partial charge in [-0.05, 0) is 31.5 Å². The van der Waals surface area contributed by atoms with Crippen molar-refractivity contribution in [3.63, 3.8) is 0 Å². The van der Waals surface area contributed by atoms with E-state index >= 15 is 0 Å². The molecule has 1 rings (SSSR count). The van der Waals surface area contributed by atoms with Crippen LogP contribution in [0.3, 0.4) is 0 Å². The molecule has 19 heavy (non-hydrogen) atoms. The molecule has 0 spiro atoms. The van der Waals surface area contributed by atoms with E-state index in [1.54, 1.807) is 0 Å². The van der Waals surface area contributed by atoms with Crippen molar-refractivity contribution in [3.05, 3.63) is 10.6 Å². The van der Waals surface area contributed by atoms with Crippen LogP contribution in [0.15, 0.2) is 0 Å². The van der Waals surface area contributed by atoms with Crippen LogP contribution in [0.2, 0.25) is 0 Å². The third-order valence-corrected chi connectivity index (χ3v) is 4.03. The van der Waals surface area contributed by atoms with Gasteiger partial charge in [0.25, 0.3) is 0 Å². The van der Waals surface area contributed by atoms with Crippen LogP contribution in [-0.4, -0.2) is 40.2 Å². The molecular formula is C14H28N4S. The predicted octanol–water partition coefficient (Wildman–Crippen LogP) is 2.66. The lowest BCUT2D eigenvalue weighted by molar-refractivity contribution is 0.271. The van der Waals surface area contributed by atoms with Crippen molar-refractivity contribution in [2.24, 2.45) is 0 Å². The predicted molar refractivity (Wildman–Crippen MR) is 82.7 cm³/mol. The summed E-state index contributed by atoms with van der Waals surface area (Å²) >= 11 is 1.51. The van der Waals surface area contributed by atoms with E-state index < -0.39 is 0 Å². The molecule has 1 aromatic heterocycles. The van der Waals surface area contributed by atoms with Gasteiger partial charge in [0.1, 0.15) is 0 Å². The minimum Gasteiger partial charge on any atom is -0.308 e. The Morgan fingerprint density at radius 1 is 1.26 bits per heavy atom. The summed E-state index contributed by atoms with van der Waals surface area (Å²) in [6.07, 6.45) is 0. The zero-order valence-electron chi connectivity index (χ0n) is 13.2. The number of hydrogen-bond donors (Lipinski definition) is 1. The maximum atomic E-state index is 4.28. The quantitative estimate of drug-likeness (QED) is 0.836. The number of nitrogens with zero attached hydrogens (tertiary/aromatic N) is 3. The van der Waals surface area contributed by atoms with Crippen LogP contribution in [0.5, 0.6) is 0 Å². The first-order valence-electron chi connectivity index (χ1n) is 7.15. The maximum Gasteiger partial charge on any atom is 0.0854 e. The molecule has 1 N–H and O–H groups in total. The number of likely N-dealkylation sites (N-methyl/N-ethyl adjacent to an activating group) is 1. The van der Waals surface area contributed by atoms with Crippen molar-refractivity contribution >= 4 is 11.5 Å². The summed E-state index contributed by atoms with van der Waals surface area (Å²) in [5.74, 6) is 0. The summed E-state index contributed by atoms with van der Waals surface area (Å²) in [6, 6.07) is 0.481. The fraction of sp³-hybridized carbons (Fsp3) is 0.857. The number of aromatic nitrogens is 2. The van der Waals surface area contributed by atoms with Crippen molar-refractivity contribution in [3.8, 4) is 0 Å². The third kappa shape index (κ3) is 5.16. The largest absolute Gasteiger partial charge is 0.308 e. The normalized spacial score (nSPS) is 14.1. The molecule has 0 aliphatic carbocycles. The van der Waals surface area contributed by atoms with Gasteiger partial charge in [0, 0.05) is 24.5 Å². The molecule has 0 radical (unpaired) electrons. The Morgan fingerprint density at radius 3 is 2.42 bits per heavy atom. The molecule has 5 heteroatoms. The fourth-order valence-electron chi connectivity index (χ4n) is 2.09. The van der Waals surface area contributed by atoms with E-state index in [1.165, 1.54) is 16.4 Å². The third-order valence-electron chi connectivity index (χ3n) is 3.30. The average Bonchev–Trinajstić information content (AvgIpc) is 2.81. The van der Waals surface area contributed by atoms with E-state index in [1.807, 2.05) is 0 Å². The van der Waals surface area contributed by atoms with Crippen LogP contribution in [0.4, 0.5) is 0 Å². The van der Waals surface area contributed by atoms with E-state index in [4.69, 9.17) is 0 Å². The smallest absolute Gasteiger partial charge is 0.0854 e. The second-order valence-electron chi connectivity index (χ2n) is 6.06. The van der Waals surface area contributed by atoms with Gasteiger partial charge in [-0.1, -0.05) is 39.1 Å². The Balaban J connectivity index is 2.51. The fourth-order valence-corrected chi connectivity index (χ4v) is 2.90. The highest BCUT2D eigenvalue weighted by Gasteiger charge is 2.22. The highest BCUT2D eigenvalue weighted by molar-refractivity contribution is 7.05. The minimum absolute atomic E-state index is 0.0755. The van der Waals surface area contributed by atoms with Gasteiger partial charge in [0.15, 0.2) is 0 Å². The summed E-state index contributed by atoms with van der Waals surface area (Å²) in [5, 5.41) is 7.86. The number of nitrogens with one attached hydrogen (secondary N) is 1. The second kappa shape index (κ2) is 7.31. The second-order valence-corrected chi connectivity index (χ2v) is 6.90. The Labute approximate surface area is 121 Å². The van der Waals surface area contributed by atoms with Crippen LogP contribution in [0.25, 0.3) is 0 Å². The summed E-state index contributed by atoms with van der Waals surface area (Å²) in [5.41, 5.74) is 1.20. The van der Waals surface area contributed by atoms with Crippen molar-refractivity contribution in [2.45, 2.75) is 59.5 Å². The van der Waals surface area contributed by atoms with E-state index in [0.29, 0.717) is 6.04 Å². The molecule has 1 atom stereocenters. The van der Waals surface area contributed by atoms with Crippen LogP contribution >= 0.6 is 11.5 Å².